The largest absolute Gasteiger partial charge is 0.360 e. The molecule has 112 valence electrons. The van der Waals surface area contributed by atoms with Crippen molar-refractivity contribution in [3.63, 3.8) is 0 Å². The van der Waals surface area contributed by atoms with Crippen LogP contribution in [-0.4, -0.2) is 17.1 Å². The fourth-order valence-corrected chi connectivity index (χ4v) is 4.30. The Morgan fingerprint density at radius 3 is 2.62 bits per heavy atom. The molecule has 1 amide bonds. The first-order valence-corrected chi connectivity index (χ1v) is 8.21. The van der Waals surface area contributed by atoms with E-state index in [0.29, 0.717) is 22.6 Å². The Morgan fingerprint density at radius 1 is 1.24 bits per heavy atom. The molecule has 0 radical (unpaired) electrons. The van der Waals surface area contributed by atoms with Gasteiger partial charge in [0.2, 0.25) is 0 Å². The third-order valence-corrected chi connectivity index (χ3v) is 5.28. The van der Waals surface area contributed by atoms with Crippen LogP contribution in [-0.2, 0) is 0 Å². The molecule has 2 bridgehead atoms. The summed E-state index contributed by atoms with van der Waals surface area (Å²) in [5.41, 5.74) is 0.634. The van der Waals surface area contributed by atoms with Crippen molar-refractivity contribution < 1.29 is 4.79 Å². The summed E-state index contributed by atoms with van der Waals surface area (Å²) in [5, 5.41) is 6.53. The summed E-state index contributed by atoms with van der Waals surface area (Å²) in [4.78, 5) is 12.0. The Hall–Kier alpha value is -1.42. The van der Waals surface area contributed by atoms with Gasteiger partial charge in [-0.15, -0.1) is 0 Å². The fourth-order valence-electron chi connectivity index (χ4n) is 4.02. The van der Waals surface area contributed by atoms with Gasteiger partial charge in [0.15, 0.2) is 5.11 Å². The Kier molecular flexibility index (Phi) is 4.24. The van der Waals surface area contributed by atoms with Crippen LogP contribution in [0.5, 0.6) is 0 Å². The van der Waals surface area contributed by atoms with E-state index in [9.17, 15) is 4.79 Å². The van der Waals surface area contributed by atoms with Crippen LogP contribution in [0, 0.1) is 17.8 Å². The number of hydrogen-bond donors (Lipinski definition) is 2. The van der Waals surface area contributed by atoms with Crippen molar-refractivity contribution in [2.75, 3.05) is 0 Å². The van der Waals surface area contributed by atoms with Crippen molar-refractivity contribution in [1.29, 1.82) is 0 Å². The molecule has 2 fully saturated rings. The predicted octanol–water partition coefficient (Wildman–Crippen LogP) is 3.12. The fraction of sp³-hybridized carbons (Fsp3) is 0.529. The zero-order chi connectivity index (χ0) is 14.8. The monoisotopic (exact) mass is 302 g/mol. The van der Waals surface area contributed by atoms with Crippen LogP contribution in [0.3, 0.4) is 0 Å². The molecular formula is C17H22N2OS. The lowest BCUT2D eigenvalue weighted by molar-refractivity contribution is 0.0976. The van der Waals surface area contributed by atoms with Gasteiger partial charge < -0.3 is 5.32 Å². The van der Waals surface area contributed by atoms with Gasteiger partial charge in [0.25, 0.3) is 5.91 Å². The average Bonchev–Trinajstić information content (AvgIpc) is 3.10. The third-order valence-electron chi connectivity index (χ3n) is 5.06. The molecule has 0 aliphatic heterocycles. The minimum atomic E-state index is -0.145. The van der Waals surface area contributed by atoms with Gasteiger partial charge in [-0.3, -0.25) is 10.1 Å². The van der Waals surface area contributed by atoms with E-state index in [2.05, 4.69) is 17.6 Å². The smallest absolute Gasteiger partial charge is 0.257 e. The van der Waals surface area contributed by atoms with Gasteiger partial charge >= 0.3 is 0 Å². The summed E-state index contributed by atoms with van der Waals surface area (Å²) in [7, 11) is 0. The van der Waals surface area contributed by atoms with Crippen molar-refractivity contribution in [1.82, 2.24) is 10.6 Å². The summed E-state index contributed by atoms with van der Waals surface area (Å²) in [6, 6.07) is 9.51. The molecule has 4 heteroatoms. The van der Waals surface area contributed by atoms with E-state index in [0.717, 1.165) is 11.8 Å². The maximum atomic E-state index is 12.0. The predicted molar refractivity (Wildman–Crippen MR) is 88.0 cm³/mol. The van der Waals surface area contributed by atoms with Gasteiger partial charge in [0.05, 0.1) is 0 Å². The molecule has 0 heterocycles. The quantitative estimate of drug-likeness (QED) is 0.843. The molecule has 0 aromatic heterocycles. The van der Waals surface area contributed by atoms with Gasteiger partial charge in [-0.05, 0) is 68.3 Å². The number of benzene rings is 1. The second kappa shape index (κ2) is 6.14. The van der Waals surface area contributed by atoms with Crippen molar-refractivity contribution in [3.05, 3.63) is 35.9 Å². The van der Waals surface area contributed by atoms with E-state index in [1.807, 2.05) is 18.2 Å². The second-order valence-corrected chi connectivity index (χ2v) is 6.83. The van der Waals surface area contributed by atoms with Crippen molar-refractivity contribution in [2.45, 2.75) is 38.6 Å². The van der Waals surface area contributed by atoms with Crippen LogP contribution in [0.4, 0.5) is 0 Å². The highest BCUT2D eigenvalue weighted by Crippen LogP contribution is 2.49. The molecule has 2 aliphatic rings. The van der Waals surface area contributed by atoms with Gasteiger partial charge in [-0.2, -0.15) is 0 Å². The van der Waals surface area contributed by atoms with Gasteiger partial charge in [-0.1, -0.05) is 24.6 Å². The SMILES string of the molecule is C[C@H](NC(=S)NC(=O)c1ccccc1)[C@H]1C[C@H]2CC[C@H]1C2. The highest BCUT2D eigenvalue weighted by atomic mass is 32.1. The Labute approximate surface area is 131 Å². The van der Waals surface area contributed by atoms with E-state index < -0.39 is 0 Å². The van der Waals surface area contributed by atoms with E-state index in [-0.39, 0.29) is 5.91 Å². The molecule has 4 atom stereocenters. The lowest BCUT2D eigenvalue weighted by Crippen LogP contribution is -2.46. The summed E-state index contributed by atoms with van der Waals surface area (Å²) < 4.78 is 0. The molecule has 0 saturated heterocycles. The number of nitrogens with one attached hydrogen (secondary N) is 2. The molecule has 3 nitrogen and oxygen atoms in total. The highest BCUT2D eigenvalue weighted by molar-refractivity contribution is 7.80. The molecule has 1 aromatic carbocycles. The lowest BCUT2D eigenvalue weighted by Gasteiger charge is -2.29. The maximum Gasteiger partial charge on any atom is 0.257 e. The normalized spacial score (nSPS) is 28.1. The molecule has 1 aromatic rings. The topological polar surface area (TPSA) is 41.1 Å². The molecule has 0 unspecified atom stereocenters. The first-order chi connectivity index (χ1) is 10.1. The van der Waals surface area contributed by atoms with Crippen LogP contribution < -0.4 is 10.6 Å². The number of rotatable bonds is 3. The van der Waals surface area contributed by atoms with Crippen LogP contribution in [0.1, 0.15) is 43.0 Å². The summed E-state index contributed by atoms with van der Waals surface area (Å²) >= 11 is 5.28. The van der Waals surface area contributed by atoms with Crippen molar-refractivity contribution >= 4 is 23.2 Å². The van der Waals surface area contributed by atoms with E-state index in [1.54, 1.807) is 12.1 Å². The Morgan fingerprint density at radius 2 is 2.00 bits per heavy atom. The van der Waals surface area contributed by atoms with Gasteiger partial charge in [0.1, 0.15) is 0 Å². The second-order valence-electron chi connectivity index (χ2n) is 6.42. The first-order valence-electron chi connectivity index (χ1n) is 7.80. The summed E-state index contributed by atoms with van der Waals surface area (Å²) in [5.74, 6) is 2.34. The number of fused-ring (bicyclic) bond motifs is 2. The molecule has 2 saturated carbocycles. The average molecular weight is 302 g/mol. The van der Waals surface area contributed by atoms with Gasteiger partial charge in [-0.25, -0.2) is 0 Å². The zero-order valence-corrected chi connectivity index (χ0v) is 13.2. The molecule has 2 N–H and O–H groups in total. The minimum absolute atomic E-state index is 0.145. The number of carbonyl (C=O) groups excluding carboxylic acids is 1. The van der Waals surface area contributed by atoms with E-state index >= 15 is 0 Å². The Balaban J connectivity index is 1.51. The number of carbonyl (C=O) groups is 1. The molecule has 21 heavy (non-hydrogen) atoms. The third kappa shape index (κ3) is 3.26. The molecule has 0 spiro atoms. The summed E-state index contributed by atoms with van der Waals surface area (Å²) in [6.07, 6.45) is 5.47. The van der Waals surface area contributed by atoms with E-state index in [4.69, 9.17) is 12.2 Å². The van der Waals surface area contributed by atoms with Crippen LogP contribution >= 0.6 is 12.2 Å². The van der Waals surface area contributed by atoms with Gasteiger partial charge in [0, 0.05) is 11.6 Å². The molecule has 2 aliphatic carbocycles. The number of hydrogen-bond acceptors (Lipinski definition) is 2. The molecular weight excluding hydrogens is 280 g/mol. The highest BCUT2D eigenvalue weighted by Gasteiger charge is 2.41. The zero-order valence-electron chi connectivity index (χ0n) is 12.3. The standard InChI is InChI=1S/C17H22N2OS/c1-11(15-10-12-7-8-14(15)9-12)18-17(21)19-16(20)13-5-3-2-4-6-13/h2-6,11-12,14-15H,7-10H2,1H3,(H2,18,19,20,21)/t11-,12-,14-,15+/m0/s1. The minimum Gasteiger partial charge on any atom is -0.360 e. The van der Waals surface area contributed by atoms with Crippen LogP contribution in [0.25, 0.3) is 0 Å². The maximum absolute atomic E-state index is 12.0. The lowest BCUT2D eigenvalue weighted by atomic mass is 9.84. The Bertz CT molecular complexity index is 531. The van der Waals surface area contributed by atoms with Crippen molar-refractivity contribution in [3.8, 4) is 0 Å². The molecule has 3 rings (SSSR count). The van der Waals surface area contributed by atoms with E-state index in [1.165, 1.54) is 25.7 Å². The van der Waals surface area contributed by atoms with Crippen LogP contribution in [0.15, 0.2) is 30.3 Å². The van der Waals surface area contributed by atoms with Crippen LogP contribution in [0.2, 0.25) is 0 Å². The first kappa shape index (κ1) is 14.5. The number of thiocarbonyl (C=S) groups is 1. The summed E-state index contributed by atoms with van der Waals surface area (Å²) in [6.45, 7) is 2.19. The van der Waals surface area contributed by atoms with Crippen molar-refractivity contribution in [2.24, 2.45) is 17.8 Å². The number of amides is 1.